The lowest BCUT2D eigenvalue weighted by Crippen LogP contribution is -2.26. The van der Waals surface area contributed by atoms with E-state index >= 15 is 0 Å². The van der Waals surface area contributed by atoms with Crippen molar-refractivity contribution in [1.82, 2.24) is 10.6 Å². The first-order valence-electron chi connectivity index (χ1n) is 5.39. The predicted octanol–water partition coefficient (Wildman–Crippen LogP) is 0.994. The third-order valence-electron chi connectivity index (χ3n) is 2.19. The first-order chi connectivity index (χ1) is 6.83. The molecule has 0 aromatic rings. The predicted molar refractivity (Wildman–Crippen MR) is 53.9 cm³/mol. The molecule has 0 unspecified atom stereocenters. The van der Waals surface area contributed by atoms with Crippen LogP contribution in [-0.2, 0) is 4.79 Å². The lowest BCUT2D eigenvalue weighted by molar-refractivity contribution is -0.121. The molecule has 0 aromatic heterocycles. The molecular formula is C10H19FN2O. The molecule has 0 atom stereocenters. The molecule has 0 radical (unpaired) electrons. The average Bonchev–Trinajstić information content (AvgIpc) is 2.95. The standard InChI is InChI=1S/C10H19FN2O/c11-6-2-8-12-7-1-3-10(14)13-9-4-5-9/h9,12H,1-8H2,(H,13,14). The van der Waals surface area contributed by atoms with E-state index in [1.807, 2.05) is 0 Å². The fourth-order valence-electron chi connectivity index (χ4n) is 1.22. The van der Waals surface area contributed by atoms with Crippen LogP contribution in [0.3, 0.4) is 0 Å². The second-order valence-corrected chi connectivity index (χ2v) is 3.74. The summed E-state index contributed by atoms with van der Waals surface area (Å²) in [6.45, 7) is 1.24. The van der Waals surface area contributed by atoms with E-state index in [1.54, 1.807) is 0 Å². The number of hydrogen-bond donors (Lipinski definition) is 2. The van der Waals surface area contributed by atoms with Gasteiger partial charge in [-0.05, 0) is 38.8 Å². The molecule has 0 aliphatic heterocycles. The number of carbonyl (C=O) groups excluding carboxylic acids is 1. The maximum Gasteiger partial charge on any atom is 0.220 e. The van der Waals surface area contributed by atoms with Crippen LogP contribution in [-0.4, -0.2) is 31.7 Å². The summed E-state index contributed by atoms with van der Waals surface area (Å²) in [5, 5.41) is 6.02. The van der Waals surface area contributed by atoms with Gasteiger partial charge in [0.1, 0.15) is 0 Å². The van der Waals surface area contributed by atoms with Crippen LogP contribution < -0.4 is 10.6 Å². The quantitative estimate of drug-likeness (QED) is 0.576. The third-order valence-corrected chi connectivity index (χ3v) is 2.19. The Morgan fingerprint density at radius 3 is 2.64 bits per heavy atom. The van der Waals surface area contributed by atoms with Crippen molar-refractivity contribution < 1.29 is 9.18 Å². The smallest absolute Gasteiger partial charge is 0.220 e. The molecule has 14 heavy (non-hydrogen) atoms. The van der Waals surface area contributed by atoms with E-state index in [1.165, 1.54) is 0 Å². The highest BCUT2D eigenvalue weighted by molar-refractivity contribution is 5.76. The molecular weight excluding hydrogens is 183 g/mol. The highest BCUT2D eigenvalue weighted by Crippen LogP contribution is 2.18. The monoisotopic (exact) mass is 202 g/mol. The van der Waals surface area contributed by atoms with E-state index in [0.29, 0.717) is 25.4 Å². The van der Waals surface area contributed by atoms with Crippen LogP contribution in [0.2, 0.25) is 0 Å². The molecule has 1 amide bonds. The lowest BCUT2D eigenvalue weighted by Gasteiger charge is -2.04. The summed E-state index contributed by atoms with van der Waals surface area (Å²) in [7, 11) is 0. The fourth-order valence-corrected chi connectivity index (χ4v) is 1.22. The number of rotatable bonds is 8. The van der Waals surface area contributed by atoms with Crippen molar-refractivity contribution in [3.05, 3.63) is 0 Å². The zero-order valence-corrected chi connectivity index (χ0v) is 8.52. The SMILES string of the molecule is O=C(CCCNCCCF)NC1CC1. The Morgan fingerprint density at radius 2 is 2.00 bits per heavy atom. The summed E-state index contributed by atoms with van der Waals surface area (Å²) in [5.74, 6) is 0.153. The number of amides is 1. The van der Waals surface area contributed by atoms with Gasteiger partial charge in [-0.2, -0.15) is 0 Å². The molecule has 82 valence electrons. The molecule has 1 aliphatic rings. The Hall–Kier alpha value is -0.640. The van der Waals surface area contributed by atoms with Gasteiger partial charge in [0.05, 0.1) is 6.67 Å². The molecule has 4 heteroatoms. The lowest BCUT2D eigenvalue weighted by atomic mass is 10.3. The van der Waals surface area contributed by atoms with Gasteiger partial charge in [0.25, 0.3) is 0 Å². The Labute approximate surface area is 84.4 Å². The number of hydrogen-bond acceptors (Lipinski definition) is 2. The minimum Gasteiger partial charge on any atom is -0.353 e. The number of alkyl halides is 1. The van der Waals surface area contributed by atoms with Gasteiger partial charge in [-0.25, -0.2) is 0 Å². The zero-order chi connectivity index (χ0) is 10.2. The molecule has 0 aromatic carbocycles. The van der Waals surface area contributed by atoms with Crippen molar-refractivity contribution in [2.75, 3.05) is 19.8 Å². The summed E-state index contributed by atoms with van der Waals surface area (Å²) in [5.41, 5.74) is 0. The molecule has 0 bridgehead atoms. The topological polar surface area (TPSA) is 41.1 Å². The van der Waals surface area contributed by atoms with Gasteiger partial charge in [-0.1, -0.05) is 0 Å². The molecule has 1 rings (SSSR count). The van der Waals surface area contributed by atoms with Gasteiger partial charge >= 0.3 is 0 Å². The van der Waals surface area contributed by atoms with Gasteiger partial charge in [0.2, 0.25) is 5.91 Å². The Kier molecular flexibility index (Phi) is 5.52. The largest absolute Gasteiger partial charge is 0.353 e. The molecule has 1 fully saturated rings. The van der Waals surface area contributed by atoms with E-state index in [4.69, 9.17) is 0 Å². The van der Waals surface area contributed by atoms with E-state index in [0.717, 1.165) is 25.8 Å². The van der Waals surface area contributed by atoms with Gasteiger partial charge in [0.15, 0.2) is 0 Å². The molecule has 2 N–H and O–H groups in total. The molecule has 1 aliphatic carbocycles. The summed E-state index contributed by atoms with van der Waals surface area (Å²) < 4.78 is 11.7. The van der Waals surface area contributed by atoms with Crippen LogP contribution in [0, 0.1) is 0 Å². The average molecular weight is 202 g/mol. The number of nitrogens with one attached hydrogen (secondary N) is 2. The Bertz CT molecular complexity index is 172. The summed E-state index contributed by atoms with van der Waals surface area (Å²) >= 11 is 0. The van der Waals surface area contributed by atoms with E-state index in [9.17, 15) is 9.18 Å². The second-order valence-electron chi connectivity index (χ2n) is 3.74. The molecule has 0 spiro atoms. The maximum absolute atomic E-state index is 11.7. The molecule has 1 saturated carbocycles. The van der Waals surface area contributed by atoms with Crippen LogP contribution in [0.15, 0.2) is 0 Å². The zero-order valence-electron chi connectivity index (χ0n) is 8.52. The number of halogens is 1. The third kappa shape index (κ3) is 5.91. The number of carbonyl (C=O) groups is 1. The van der Waals surface area contributed by atoms with E-state index < -0.39 is 0 Å². The summed E-state index contributed by atoms with van der Waals surface area (Å²) in [4.78, 5) is 11.2. The molecule has 0 saturated heterocycles. The highest BCUT2D eigenvalue weighted by Gasteiger charge is 2.22. The van der Waals surface area contributed by atoms with Crippen LogP contribution >= 0.6 is 0 Å². The van der Waals surface area contributed by atoms with Crippen LogP contribution in [0.1, 0.15) is 32.1 Å². The summed E-state index contributed by atoms with van der Waals surface area (Å²) in [6.07, 6.45) is 4.26. The summed E-state index contributed by atoms with van der Waals surface area (Å²) in [6, 6.07) is 0.460. The van der Waals surface area contributed by atoms with Gasteiger partial charge in [-0.15, -0.1) is 0 Å². The van der Waals surface area contributed by atoms with Crippen molar-refractivity contribution in [3.8, 4) is 0 Å². The maximum atomic E-state index is 11.7. The van der Waals surface area contributed by atoms with Crippen molar-refractivity contribution in [2.45, 2.75) is 38.1 Å². The van der Waals surface area contributed by atoms with E-state index in [-0.39, 0.29) is 12.6 Å². The van der Waals surface area contributed by atoms with Crippen LogP contribution in [0.5, 0.6) is 0 Å². The first kappa shape index (κ1) is 11.4. The second kappa shape index (κ2) is 6.76. The van der Waals surface area contributed by atoms with Gasteiger partial charge in [0, 0.05) is 12.5 Å². The molecule has 0 heterocycles. The normalized spacial score (nSPS) is 15.5. The van der Waals surface area contributed by atoms with Crippen molar-refractivity contribution in [3.63, 3.8) is 0 Å². The van der Waals surface area contributed by atoms with Gasteiger partial charge in [-0.3, -0.25) is 9.18 Å². The Morgan fingerprint density at radius 1 is 1.29 bits per heavy atom. The van der Waals surface area contributed by atoms with E-state index in [2.05, 4.69) is 10.6 Å². The van der Waals surface area contributed by atoms with Crippen molar-refractivity contribution >= 4 is 5.91 Å². The van der Waals surface area contributed by atoms with Gasteiger partial charge < -0.3 is 10.6 Å². The highest BCUT2D eigenvalue weighted by atomic mass is 19.1. The minimum atomic E-state index is -0.269. The Balaban J connectivity index is 1.80. The first-order valence-corrected chi connectivity index (χ1v) is 5.39. The van der Waals surface area contributed by atoms with Crippen molar-refractivity contribution in [1.29, 1.82) is 0 Å². The fraction of sp³-hybridized carbons (Fsp3) is 0.900. The van der Waals surface area contributed by atoms with Crippen LogP contribution in [0.25, 0.3) is 0 Å². The molecule has 3 nitrogen and oxygen atoms in total. The minimum absolute atomic E-state index is 0.153. The van der Waals surface area contributed by atoms with Crippen LogP contribution in [0.4, 0.5) is 4.39 Å². The van der Waals surface area contributed by atoms with Crippen molar-refractivity contribution in [2.24, 2.45) is 0 Å².